The van der Waals surface area contributed by atoms with Gasteiger partial charge in [-0.05, 0) is 41.5 Å². The van der Waals surface area contributed by atoms with Crippen molar-refractivity contribution in [3.63, 3.8) is 0 Å². The third kappa shape index (κ3) is 4.78. The molecule has 0 saturated carbocycles. The van der Waals surface area contributed by atoms with Crippen molar-refractivity contribution in [2.45, 2.75) is 12.6 Å². The molecule has 6 nitrogen and oxygen atoms in total. The Morgan fingerprint density at radius 1 is 0.923 bits per heavy atom. The minimum absolute atomic E-state index is 0.0105. The van der Waals surface area contributed by atoms with Gasteiger partial charge < -0.3 is 9.84 Å². The first-order valence-electron chi connectivity index (χ1n) is 12.2. The number of amides is 1. The minimum Gasteiger partial charge on any atom is -0.507 e. The number of hydrogen-bond acceptors (Lipinski definition) is 6. The molecular formula is C31H21ClN2O4S. The Kier molecular flexibility index (Phi) is 6.60. The van der Waals surface area contributed by atoms with E-state index in [0.29, 0.717) is 39.2 Å². The van der Waals surface area contributed by atoms with Crippen LogP contribution in [0.25, 0.3) is 16.0 Å². The summed E-state index contributed by atoms with van der Waals surface area (Å²) >= 11 is 7.43. The Bertz CT molecular complexity index is 1730. The number of ketones is 1. The number of ether oxygens (including phenoxy) is 1. The summed E-state index contributed by atoms with van der Waals surface area (Å²) in [5.74, 6) is -1.23. The van der Waals surface area contributed by atoms with Crippen molar-refractivity contribution in [1.82, 2.24) is 4.98 Å². The van der Waals surface area contributed by atoms with Gasteiger partial charge in [0.25, 0.3) is 5.78 Å². The van der Waals surface area contributed by atoms with E-state index >= 15 is 0 Å². The fraction of sp³-hybridized carbons (Fsp3) is 0.0645. The van der Waals surface area contributed by atoms with E-state index in [0.717, 1.165) is 10.3 Å². The van der Waals surface area contributed by atoms with Crippen molar-refractivity contribution in [1.29, 1.82) is 0 Å². The lowest BCUT2D eigenvalue weighted by Crippen LogP contribution is -2.29. The first-order valence-corrected chi connectivity index (χ1v) is 13.4. The summed E-state index contributed by atoms with van der Waals surface area (Å²) in [4.78, 5) is 33.0. The van der Waals surface area contributed by atoms with Crippen molar-refractivity contribution >= 4 is 55.7 Å². The maximum atomic E-state index is 13.5. The Labute approximate surface area is 233 Å². The molecule has 1 amide bonds. The third-order valence-electron chi connectivity index (χ3n) is 6.46. The number of aliphatic hydroxyl groups is 1. The average Bonchev–Trinajstić information content (AvgIpc) is 3.50. The predicted octanol–water partition coefficient (Wildman–Crippen LogP) is 7.16. The highest BCUT2D eigenvalue weighted by molar-refractivity contribution is 7.22. The molecule has 2 heterocycles. The van der Waals surface area contributed by atoms with E-state index in [1.54, 1.807) is 60.7 Å². The first kappa shape index (κ1) is 24.9. The zero-order valence-corrected chi connectivity index (χ0v) is 22.0. The number of Topliss-reactive ketones (excluding diaryl/α,β-unsaturated/α-hetero) is 1. The zero-order chi connectivity index (χ0) is 26.9. The van der Waals surface area contributed by atoms with Crippen LogP contribution in [0.1, 0.15) is 22.7 Å². The van der Waals surface area contributed by atoms with Gasteiger partial charge in [0.05, 0.1) is 21.8 Å². The normalized spacial score (nSPS) is 16.6. The van der Waals surface area contributed by atoms with Gasteiger partial charge in [-0.15, -0.1) is 0 Å². The molecule has 6 rings (SSSR count). The molecule has 1 aliphatic heterocycles. The number of carbonyl (C=O) groups excluding carboxylic acids is 2. The molecule has 39 heavy (non-hydrogen) atoms. The standard InChI is InChI=1S/C31H21ClN2O4S/c32-22-14-15-24-25(17-22)39-31(33-24)34-27(26(29(36)30(34)37)28(35)20-10-5-2-6-11-20)21-12-7-13-23(16-21)38-18-19-8-3-1-4-9-19/h1-17,27,35H,18H2/b28-26-. The van der Waals surface area contributed by atoms with E-state index in [1.807, 2.05) is 42.5 Å². The second-order valence-corrected chi connectivity index (χ2v) is 10.4. The summed E-state index contributed by atoms with van der Waals surface area (Å²) in [6.45, 7) is 0.354. The highest BCUT2D eigenvalue weighted by atomic mass is 35.5. The van der Waals surface area contributed by atoms with Crippen LogP contribution in [-0.4, -0.2) is 21.8 Å². The van der Waals surface area contributed by atoms with Gasteiger partial charge in [0, 0.05) is 10.6 Å². The van der Waals surface area contributed by atoms with Crippen LogP contribution in [0.15, 0.2) is 109 Å². The summed E-state index contributed by atoms with van der Waals surface area (Å²) in [7, 11) is 0. The van der Waals surface area contributed by atoms with Crippen molar-refractivity contribution < 1.29 is 19.4 Å². The second-order valence-electron chi connectivity index (χ2n) is 8.99. The Balaban J connectivity index is 1.47. The molecular weight excluding hydrogens is 532 g/mol. The van der Waals surface area contributed by atoms with Gasteiger partial charge in [0.1, 0.15) is 18.1 Å². The number of aliphatic hydroxyl groups excluding tert-OH is 1. The van der Waals surface area contributed by atoms with E-state index < -0.39 is 17.7 Å². The molecule has 1 N–H and O–H groups in total. The predicted molar refractivity (Wildman–Crippen MR) is 153 cm³/mol. The highest BCUT2D eigenvalue weighted by Crippen LogP contribution is 2.45. The van der Waals surface area contributed by atoms with Crippen LogP contribution in [0.5, 0.6) is 5.75 Å². The molecule has 1 atom stereocenters. The molecule has 8 heteroatoms. The Hall–Kier alpha value is -4.46. The van der Waals surface area contributed by atoms with E-state index in [9.17, 15) is 14.7 Å². The minimum atomic E-state index is -0.915. The van der Waals surface area contributed by atoms with Gasteiger partial charge in [-0.25, -0.2) is 4.98 Å². The zero-order valence-electron chi connectivity index (χ0n) is 20.5. The lowest BCUT2D eigenvalue weighted by molar-refractivity contribution is -0.132. The number of carbonyl (C=O) groups is 2. The molecule has 5 aromatic rings. The third-order valence-corrected chi connectivity index (χ3v) is 7.71. The summed E-state index contributed by atoms with van der Waals surface area (Å²) < 4.78 is 6.81. The van der Waals surface area contributed by atoms with Gasteiger partial charge in [0.15, 0.2) is 5.13 Å². The maximum absolute atomic E-state index is 13.5. The molecule has 1 saturated heterocycles. The monoisotopic (exact) mass is 552 g/mol. The SMILES string of the molecule is O=C1C(=O)N(c2nc3ccc(Cl)cc3s2)C(c2cccc(OCc3ccccc3)c2)/C1=C(/O)c1ccccc1. The number of anilines is 1. The molecule has 0 bridgehead atoms. The number of aromatic nitrogens is 1. The van der Waals surface area contributed by atoms with Crippen LogP contribution in [0.4, 0.5) is 5.13 Å². The van der Waals surface area contributed by atoms with E-state index in [1.165, 1.54) is 16.2 Å². The van der Waals surface area contributed by atoms with Crippen LogP contribution >= 0.6 is 22.9 Å². The number of thiazole rings is 1. The molecule has 4 aromatic carbocycles. The van der Waals surface area contributed by atoms with Crippen LogP contribution in [0, 0.1) is 0 Å². The average molecular weight is 553 g/mol. The van der Waals surface area contributed by atoms with Gasteiger partial charge >= 0.3 is 5.91 Å². The first-order chi connectivity index (χ1) is 19.0. The van der Waals surface area contributed by atoms with Gasteiger partial charge in [-0.2, -0.15) is 0 Å². The lowest BCUT2D eigenvalue weighted by atomic mass is 9.95. The number of nitrogens with zero attached hydrogens (tertiary/aromatic N) is 2. The molecule has 1 fully saturated rings. The summed E-state index contributed by atoms with van der Waals surface area (Å²) in [6, 6.07) is 30.0. The van der Waals surface area contributed by atoms with Crippen molar-refractivity contribution in [3.8, 4) is 5.75 Å². The Morgan fingerprint density at radius 2 is 1.67 bits per heavy atom. The quantitative estimate of drug-likeness (QED) is 0.137. The lowest BCUT2D eigenvalue weighted by Gasteiger charge is -2.23. The van der Waals surface area contributed by atoms with Crippen molar-refractivity contribution in [3.05, 3.63) is 130 Å². The fourth-order valence-corrected chi connectivity index (χ4v) is 5.87. The number of fused-ring (bicyclic) bond motifs is 1. The van der Waals surface area contributed by atoms with Crippen LogP contribution in [-0.2, 0) is 16.2 Å². The second kappa shape index (κ2) is 10.4. The molecule has 0 spiro atoms. The topological polar surface area (TPSA) is 79.7 Å². The summed E-state index contributed by atoms with van der Waals surface area (Å²) in [6.07, 6.45) is 0. The largest absolute Gasteiger partial charge is 0.507 e. The Morgan fingerprint density at radius 3 is 2.44 bits per heavy atom. The van der Waals surface area contributed by atoms with Gasteiger partial charge in [-0.3, -0.25) is 14.5 Å². The van der Waals surface area contributed by atoms with E-state index in [2.05, 4.69) is 4.98 Å². The smallest absolute Gasteiger partial charge is 0.301 e. The number of halogens is 1. The molecule has 0 aliphatic carbocycles. The molecule has 1 unspecified atom stereocenters. The van der Waals surface area contributed by atoms with Crippen molar-refractivity contribution in [2.75, 3.05) is 4.90 Å². The number of rotatable bonds is 6. The number of hydrogen-bond donors (Lipinski definition) is 1. The van der Waals surface area contributed by atoms with E-state index in [4.69, 9.17) is 16.3 Å². The van der Waals surface area contributed by atoms with Crippen LogP contribution in [0.2, 0.25) is 5.02 Å². The molecule has 1 aromatic heterocycles. The van der Waals surface area contributed by atoms with Gasteiger partial charge in [-0.1, -0.05) is 95.7 Å². The molecule has 0 radical (unpaired) electrons. The fourth-order valence-electron chi connectivity index (χ4n) is 4.60. The maximum Gasteiger partial charge on any atom is 0.301 e. The van der Waals surface area contributed by atoms with Crippen LogP contribution in [0.3, 0.4) is 0 Å². The molecule has 1 aliphatic rings. The van der Waals surface area contributed by atoms with Gasteiger partial charge in [0.2, 0.25) is 0 Å². The molecule has 192 valence electrons. The van der Waals surface area contributed by atoms with Crippen LogP contribution < -0.4 is 9.64 Å². The highest BCUT2D eigenvalue weighted by Gasteiger charge is 2.48. The number of benzene rings is 4. The van der Waals surface area contributed by atoms with Crippen molar-refractivity contribution in [2.24, 2.45) is 0 Å². The van der Waals surface area contributed by atoms with E-state index in [-0.39, 0.29) is 11.3 Å². The summed E-state index contributed by atoms with van der Waals surface area (Å²) in [5.41, 5.74) is 2.69. The summed E-state index contributed by atoms with van der Waals surface area (Å²) in [5, 5.41) is 12.2.